The molecule has 0 aromatic carbocycles. The summed E-state index contributed by atoms with van der Waals surface area (Å²) in [7, 11) is 0. The molecule has 0 aromatic rings. The lowest BCUT2D eigenvalue weighted by atomic mass is 9.52. The molecular weight excluding hydrogens is 276 g/mol. The van der Waals surface area contributed by atoms with Crippen molar-refractivity contribution in [3.05, 3.63) is 0 Å². The summed E-state index contributed by atoms with van der Waals surface area (Å²) in [6.07, 6.45) is 6.14. The normalized spacial score (nSPS) is 47.4. The van der Waals surface area contributed by atoms with E-state index in [9.17, 15) is 9.90 Å². The largest absolute Gasteiger partial charge is 0.462 e. The van der Waals surface area contributed by atoms with Crippen molar-refractivity contribution in [1.82, 2.24) is 0 Å². The van der Waals surface area contributed by atoms with E-state index in [1.54, 1.807) is 0 Å². The van der Waals surface area contributed by atoms with Crippen molar-refractivity contribution >= 4 is 5.97 Å². The molecule has 0 spiro atoms. The lowest BCUT2D eigenvalue weighted by Gasteiger charge is -2.54. The van der Waals surface area contributed by atoms with Gasteiger partial charge in [-0.25, -0.2) is 0 Å². The van der Waals surface area contributed by atoms with Crippen LogP contribution in [-0.2, 0) is 9.53 Å². The van der Waals surface area contributed by atoms with Crippen LogP contribution in [0.2, 0.25) is 0 Å². The van der Waals surface area contributed by atoms with E-state index in [4.69, 9.17) is 4.74 Å². The Bertz CT molecular complexity index is 458. The zero-order chi connectivity index (χ0) is 16.4. The van der Waals surface area contributed by atoms with Crippen molar-refractivity contribution in [2.75, 3.05) is 0 Å². The van der Waals surface area contributed by atoms with Crippen LogP contribution in [0, 0.1) is 22.2 Å². The van der Waals surface area contributed by atoms with Gasteiger partial charge in [-0.05, 0) is 54.3 Å². The van der Waals surface area contributed by atoms with Gasteiger partial charge in [0.15, 0.2) is 0 Å². The number of hydrogen-bond donors (Lipinski definition) is 1. The Balaban J connectivity index is 1.79. The average Bonchev–Trinajstić information content (AvgIpc) is 2.30. The number of ether oxygens (including phenoxy) is 1. The number of aliphatic hydroxyl groups is 1. The Morgan fingerprint density at radius 1 is 1.09 bits per heavy atom. The zero-order valence-corrected chi connectivity index (χ0v) is 14.9. The van der Waals surface area contributed by atoms with E-state index in [0.717, 1.165) is 25.7 Å². The molecule has 4 bridgehead atoms. The molecular formula is C19H32O3. The summed E-state index contributed by atoms with van der Waals surface area (Å²) >= 11 is 0. The predicted octanol–water partition coefficient (Wildman–Crippen LogP) is 4.08. The van der Waals surface area contributed by atoms with Gasteiger partial charge in [-0.15, -0.1) is 0 Å². The minimum absolute atomic E-state index is 0.0477. The smallest absolute Gasteiger partial charge is 0.306 e. The van der Waals surface area contributed by atoms with Crippen molar-refractivity contribution in [2.24, 2.45) is 22.2 Å². The van der Waals surface area contributed by atoms with Gasteiger partial charge in [0.1, 0.15) is 6.10 Å². The van der Waals surface area contributed by atoms with Crippen molar-refractivity contribution in [2.45, 2.75) is 91.3 Å². The maximum atomic E-state index is 12.3. The third-order valence-electron chi connectivity index (χ3n) is 5.94. The van der Waals surface area contributed by atoms with Gasteiger partial charge in [0.2, 0.25) is 0 Å². The molecule has 0 heterocycles. The molecule has 4 saturated carbocycles. The van der Waals surface area contributed by atoms with Gasteiger partial charge < -0.3 is 9.84 Å². The minimum atomic E-state index is -0.639. The second kappa shape index (κ2) is 4.72. The second-order valence-electron chi connectivity index (χ2n) is 10.5. The molecule has 3 unspecified atom stereocenters. The summed E-state index contributed by atoms with van der Waals surface area (Å²) < 4.78 is 5.89. The summed E-state index contributed by atoms with van der Waals surface area (Å²) in [4.78, 5) is 12.3. The van der Waals surface area contributed by atoms with Crippen LogP contribution >= 0.6 is 0 Å². The van der Waals surface area contributed by atoms with E-state index in [-0.39, 0.29) is 28.3 Å². The number of carbonyl (C=O) groups excluding carboxylic acids is 1. The molecule has 4 aliphatic carbocycles. The molecule has 3 nitrogen and oxygen atoms in total. The molecule has 126 valence electrons. The first-order chi connectivity index (χ1) is 9.90. The van der Waals surface area contributed by atoms with Crippen molar-refractivity contribution in [1.29, 1.82) is 0 Å². The first-order valence-electron chi connectivity index (χ1n) is 8.81. The van der Waals surface area contributed by atoms with Crippen LogP contribution in [0.25, 0.3) is 0 Å². The van der Waals surface area contributed by atoms with Gasteiger partial charge in [0.25, 0.3) is 0 Å². The number of rotatable bonds is 2. The van der Waals surface area contributed by atoms with Crippen molar-refractivity contribution in [3.8, 4) is 0 Å². The molecule has 3 heteroatoms. The van der Waals surface area contributed by atoms with Gasteiger partial charge in [0.05, 0.1) is 12.0 Å². The van der Waals surface area contributed by atoms with E-state index in [1.807, 2.05) is 0 Å². The first-order valence-corrected chi connectivity index (χ1v) is 8.81. The van der Waals surface area contributed by atoms with E-state index in [2.05, 4.69) is 34.6 Å². The lowest BCUT2D eigenvalue weighted by Crippen LogP contribution is -2.49. The standard InChI is InChI=1S/C19H32O3/c1-16(2,3)9-15(20)22-14-8-19(21)11-17(4)6-13(14)7-18(5,10-17)12-19/h13-14,21H,6-12H2,1-5H3. The highest BCUT2D eigenvalue weighted by atomic mass is 16.5. The van der Waals surface area contributed by atoms with Crippen LogP contribution in [0.4, 0.5) is 0 Å². The molecule has 0 aliphatic heterocycles. The van der Waals surface area contributed by atoms with E-state index < -0.39 is 5.60 Å². The fourth-order valence-corrected chi connectivity index (χ4v) is 6.16. The Morgan fingerprint density at radius 2 is 1.64 bits per heavy atom. The van der Waals surface area contributed by atoms with E-state index in [0.29, 0.717) is 18.8 Å². The first kappa shape index (κ1) is 16.3. The maximum Gasteiger partial charge on any atom is 0.306 e. The molecule has 0 amide bonds. The van der Waals surface area contributed by atoms with Crippen LogP contribution < -0.4 is 0 Å². The third kappa shape index (κ3) is 3.20. The van der Waals surface area contributed by atoms with Gasteiger partial charge in [0, 0.05) is 6.42 Å². The van der Waals surface area contributed by atoms with Crippen LogP contribution in [0.15, 0.2) is 0 Å². The number of carbonyl (C=O) groups is 1. The number of hydrogen-bond acceptors (Lipinski definition) is 3. The van der Waals surface area contributed by atoms with Gasteiger partial charge in [-0.3, -0.25) is 4.79 Å². The SMILES string of the molecule is CC(C)(C)CC(=O)OC1CC2(O)CC3(C)CC1CC(C)(C3)C2. The van der Waals surface area contributed by atoms with Crippen LogP contribution in [-0.4, -0.2) is 22.8 Å². The van der Waals surface area contributed by atoms with Crippen LogP contribution in [0.3, 0.4) is 0 Å². The fourth-order valence-electron chi connectivity index (χ4n) is 6.16. The molecule has 3 atom stereocenters. The quantitative estimate of drug-likeness (QED) is 0.782. The molecule has 4 fully saturated rings. The average molecular weight is 308 g/mol. The highest BCUT2D eigenvalue weighted by Crippen LogP contribution is 2.64. The summed E-state index contributed by atoms with van der Waals surface area (Å²) in [5, 5.41) is 11.1. The van der Waals surface area contributed by atoms with E-state index in [1.165, 1.54) is 6.42 Å². The Hall–Kier alpha value is -0.570. The minimum Gasteiger partial charge on any atom is -0.462 e. The Kier molecular flexibility index (Phi) is 3.49. The van der Waals surface area contributed by atoms with Crippen LogP contribution in [0.5, 0.6) is 0 Å². The summed E-state index contributed by atoms with van der Waals surface area (Å²) in [6, 6.07) is 0. The highest BCUT2D eigenvalue weighted by molar-refractivity contribution is 5.70. The fraction of sp³-hybridized carbons (Fsp3) is 0.947. The topological polar surface area (TPSA) is 46.5 Å². The van der Waals surface area contributed by atoms with E-state index >= 15 is 0 Å². The molecule has 22 heavy (non-hydrogen) atoms. The Morgan fingerprint density at radius 3 is 2.14 bits per heavy atom. The second-order valence-corrected chi connectivity index (χ2v) is 10.5. The molecule has 0 radical (unpaired) electrons. The molecule has 0 saturated heterocycles. The van der Waals surface area contributed by atoms with Gasteiger partial charge in [-0.2, -0.15) is 0 Å². The van der Waals surface area contributed by atoms with Gasteiger partial charge in [-0.1, -0.05) is 34.6 Å². The lowest BCUT2D eigenvalue weighted by molar-refractivity contribution is -0.156. The monoisotopic (exact) mass is 308 g/mol. The van der Waals surface area contributed by atoms with Gasteiger partial charge >= 0.3 is 5.97 Å². The maximum absolute atomic E-state index is 12.3. The number of esters is 1. The molecule has 1 N–H and O–H groups in total. The molecule has 4 rings (SSSR count). The van der Waals surface area contributed by atoms with Crippen molar-refractivity contribution < 1.29 is 14.6 Å². The van der Waals surface area contributed by atoms with Crippen molar-refractivity contribution in [3.63, 3.8) is 0 Å². The third-order valence-corrected chi connectivity index (χ3v) is 5.94. The molecule has 0 aromatic heterocycles. The Labute approximate surface area is 134 Å². The predicted molar refractivity (Wildman–Crippen MR) is 86.3 cm³/mol. The summed E-state index contributed by atoms with van der Waals surface area (Å²) in [5.74, 6) is 0.321. The molecule has 4 aliphatic rings. The summed E-state index contributed by atoms with van der Waals surface area (Å²) in [5.41, 5.74) is -0.251. The van der Waals surface area contributed by atoms with Crippen LogP contribution in [0.1, 0.15) is 79.6 Å². The number of fused-ring (bicyclic) bond motifs is 1. The highest BCUT2D eigenvalue weighted by Gasteiger charge is 2.59. The summed E-state index contributed by atoms with van der Waals surface area (Å²) in [6.45, 7) is 10.8. The zero-order valence-electron chi connectivity index (χ0n) is 14.9.